The van der Waals surface area contributed by atoms with Gasteiger partial charge in [-0.05, 0) is 67.8 Å². The van der Waals surface area contributed by atoms with E-state index in [9.17, 15) is 0 Å². The molecule has 0 aliphatic carbocycles. The van der Waals surface area contributed by atoms with Gasteiger partial charge in [0, 0.05) is 5.71 Å². The molecule has 0 amide bonds. The van der Waals surface area contributed by atoms with Crippen LogP contribution in [0, 0.1) is 28.1 Å². The van der Waals surface area contributed by atoms with Crippen molar-refractivity contribution in [3.05, 3.63) is 12.2 Å². The van der Waals surface area contributed by atoms with Gasteiger partial charge in [-0.3, -0.25) is 4.99 Å². The van der Waals surface area contributed by atoms with E-state index in [1.54, 1.807) is 0 Å². The van der Waals surface area contributed by atoms with E-state index in [2.05, 4.69) is 116 Å². The lowest BCUT2D eigenvalue weighted by atomic mass is 9.82. The molecule has 0 fully saturated rings. The Morgan fingerprint density at radius 1 is 0.767 bits per heavy atom. The van der Waals surface area contributed by atoms with Crippen molar-refractivity contribution >= 4 is 5.71 Å². The summed E-state index contributed by atoms with van der Waals surface area (Å²) in [5.74, 6) is 1.38. The number of rotatable bonds is 6. The van der Waals surface area contributed by atoms with Crippen LogP contribution in [0.5, 0.6) is 0 Å². The molecule has 0 heterocycles. The lowest BCUT2D eigenvalue weighted by Crippen LogP contribution is -2.17. The normalized spacial score (nSPS) is 15.0. The van der Waals surface area contributed by atoms with Gasteiger partial charge >= 0.3 is 0 Å². The lowest BCUT2D eigenvalue weighted by molar-refractivity contribution is 0.276. The summed E-state index contributed by atoms with van der Waals surface area (Å²) in [5.41, 5.74) is 2.45. The molecule has 0 aromatic rings. The molecule has 0 aliphatic heterocycles. The first kappa shape index (κ1) is 34.0. The summed E-state index contributed by atoms with van der Waals surface area (Å²) in [5, 5.41) is 0. The first-order chi connectivity index (χ1) is 12.6. The molecule has 1 atom stereocenters. The van der Waals surface area contributed by atoms with Crippen molar-refractivity contribution in [2.75, 3.05) is 0 Å². The smallest absolute Gasteiger partial charge is 0.0527 e. The second-order valence-corrected chi connectivity index (χ2v) is 13.9. The van der Waals surface area contributed by atoms with Crippen LogP contribution in [0.3, 0.4) is 0 Å². The highest BCUT2D eigenvalue weighted by atomic mass is 14.8. The fraction of sp³-hybridized carbons (Fsp3) is 0.897. The molecule has 0 rings (SSSR count). The molecular weight excluding hydrogens is 362 g/mol. The van der Waals surface area contributed by atoms with Gasteiger partial charge in [0.05, 0.1) is 5.54 Å². The van der Waals surface area contributed by atoms with Gasteiger partial charge in [-0.1, -0.05) is 109 Å². The van der Waals surface area contributed by atoms with Crippen LogP contribution < -0.4 is 0 Å². The highest BCUT2D eigenvalue weighted by Crippen LogP contribution is 2.29. The summed E-state index contributed by atoms with van der Waals surface area (Å²) in [6.07, 6.45) is 9.92. The second-order valence-electron chi connectivity index (χ2n) is 13.9. The zero-order valence-corrected chi connectivity index (χ0v) is 23.1. The van der Waals surface area contributed by atoms with E-state index in [0.29, 0.717) is 16.7 Å². The molecule has 0 aliphatic rings. The quantitative estimate of drug-likeness (QED) is 0.377. The van der Waals surface area contributed by atoms with Crippen LogP contribution in [0.15, 0.2) is 17.1 Å². The van der Waals surface area contributed by atoms with Crippen molar-refractivity contribution in [2.45, 2.75) is 143 Å². The third kappa shape index (κ3) is 27.4. The topological polar surface area (TPSA) is 12.4 Å². The Hall–Kier alpha value is -0.590. The third-order valence-electron chi connectivity index (χ3n) is 4.39. The third-order valence-corrected chi connectivity index (χ3v) is 4.39. The van der Waals surface area contributed by atoms with Gasteiger partial charge in [-0.15, -0.1) is 0 Å². The van der Waals surface area contributed by atoms with Crippen LogP contribution in [0.1, 0.15) is 137 Å². The molecule has 1 unspecified atom stereocenters. The average Bonchev–Trinajstić information content (AvgIpc) is 2.38. The maximum absolute atomic E-state index is 4.74. The summed E-state index contributed by atoms with van der Waals surface area (Å²) in [6.45, 7) is 33.8. The molecule has 0 aromatic carbocycles. The minimum atomic E-state index is 0. The molecule has 1 nitrogen and oxygen atoms in total. The largest absolute Gasteiger partial charge is 0.284 e. The van der Waals surface area contributed by atoms with Crippen LogP contribution in [0.25, 0.3) is 0 Å². The van der Waals surface area contributed by atoms with Gasteiger partial charge in [0.15, 0.2) is 0 Å². The van der Waals surface area contributed by atoms with Crippen molar-refractivity contribution in [1.29, 1.82) is 0 Å². The standard InChI is InChI=1S/C14H27N.C14H30.CH4/c1-11(2)12(15-14(6,7)8)9-10-13(3,4)5;1-12(11-14(5,6)7)9-8-10-13(2,3)4;/h9-11H,1-8H3;12H,8-11H2,1-7H3;1H4/b10-9-,15-12?;;. The zero-order chi connectivity index (χ0) is 23.7. The summed E-state index contributed by atoms with van der Waals surface area (Å²) in [7, 11) is 0. The maximum atomic E-state index is 4.74. The van der Waals surface area contributed by atoms with E-state index >= 15 is 0 Å². The fourth-order valence-electron chi connectivity index (χ4n) is 3.21. The van der Waals surface area contributed by atoms with Gasteiger partial charge in [0.25, 0.3) is 0 Å². The maximum Gasteiger partial charge on any atom is 0.0527 e. The summed E-state index contributed by atoms with van der Waals surface area (Å²) in [6, 6.07) is 0. The Morgan fingerprint density at radius 3 is 1.53 bits per heavy atom. The Bertz CT molecular complexity index is 478. The van der Waals surface area contributed by atoms with Crippen molar-refractivity contribution in [1.82, 2.24) is 0 Å². The molecule has 0 aromatic heterocycles. The number of nitrogens with zero attached hydrogens (tertiary/aromatic N) is 1. The first-order valence-electron chi connectivity index (χ1n) is 11.9. The van der Waals surface area contributed by atoms with E-state index in [4.69, 9.17) is 4.99 Å². The number of allylic oxidation sites excluding steroid dienone is 2. The van der Waals surface area contributed by atoms with E-state index in [-0.39, 0.29) is 18.4 Å². The van der Waals surface area contributed by atoms with Crippen LogP contribution in [0.4, 0.5) is 0 Å². The van der Waals surface area contributed by atoms with Crippen molar-refractivity contribution < 1.29 is 0 Å². The molecule has 0 saturated heterocycles. The van der Waals surface area contributed by atoms with Gasteiger partial charge in [0.1, 0.15) is 0 Å². The molecule has 182 valence electrons. The van der Waals surface area contributed by atoms with Gasteiger partial charge < -0.3 is 0 Å². The SMILES string of the molecule is C.CC(C)C(/C=C\C(C)(C)C)=NC(C)(C)C.CC(CCCC(C)(C)C)CC(C)(C)C. The van der Waals surface area contributed by atoms with E-state index < -0.39 is 0 Å². The molecule has 1 heteroatoms. The van der Waals surface area contributed by atoms with E-state index in [0.717, 1.165) is 5.92 Å². The van der Waals surface area contributed by atoms with Crippen LogP contribution in [-0.4, -0.2) is 11.3 Å². The zero-order valence-electron chi connectivity index (χ0n) is 23.1. The highest BCUT2D eigenvalue weighted by molar-refractivity contribution is 5.96. The van der Waals surface area contributed by atoms with Crippen LogP contribution in [-0.2, 0) is 0 Å². The molecule has 0 bridgehead atoms. The van der Waals surface area contributed by atoms with E-state index in [1.165, 1.54) is 31.4 Å². The molecule has 0 radical (unpaired) electrons. The summed E-state index contributed by atoms with van der Waals surface area (Å²) < 4.78 is 0. The number of hydrogen-bond donors (Lipinski definition) is 0. The Balaban J connectivity index is -0.000000471. The predicted octanol–water partition coefficient (Wildman–Crippen LogP) is 10.4. The fourth-order valence-corrected chi connectivity index (χ4v) is 3.21. The molecule has 0 spiro atoms. The average molecular weight is 424 g/mol. The van der Waals surface area contributed by atoms with Gasteiger partial charge in [-0.2, -0.15) is 0 Å². The lowest BCUT2D eigenvalue weighted by Gasteiger charge is -2.24. The Labute approximate surface area is 193 Å². The molecular formula is C29H61N. The molecule has 30 heavy (non-hydrogen) atoms. The van der Waals surface area contributed by atoms with Crippen molar-refractivity contribution in [3.63, 3.8) is 0 Å². The van der Waals surface area contributed by atoms with Gasteiger partial charge in [-0.25, -0.2) is 0 Å². The number of aliphatic imine (C=N–C) groups is 1. The molecule has 0 saturated carbocycles. The minimum absolute atomic E-state index is 0. The van der Waals surface area contributed by atoms with E-state index in [1.807, 2.05) is 0 Å². The van der Waals surface area contributed by atoms with Crippen molar-refractivity contribution in [3.8, 4) is 0 Å². The summed E-state index contributed by atoms with van der Waals surface area (Å²) >= 11 is 0. The van der Waals surface area contributed by atoms with Crippen LogP contribution in [0.2, 0.25) is 0 Å². The first-order valence-corrected chi connectivity index (χ1v) is 11.9. The Morgan fingerprint density at radius 2 is 1.23 bits per heavy atom. The monoisotopic (exact) mass is 423 g/mol. The predicted molar refractivity (Wildman–Crippen MR) is 144 cm³/mol. The summed E-state index contributed by atoms with van der Waals surface area (Å²) in [4.78, 5) is 4.74. The van der Waals surface area contributed by atoms with Gasteiger partial charge in [0.2, 0.25) is 0 Å². The number of hydrogen-bond acceptors (Lipinski definition) is 1. The highest BCUT2D eigenvalue weighted by Gasteiger charge is 2.16. The Kier molecular flexibility index (Phi) is 15.6. The van der Waals surface area contributed by atoms with Crippen LogP contribution >= 0.6 is 0 Å². The van der Waals surface area contributed by atoms with Crippen molar-refractivity contribution in [2.24, 2.45) is 33.1 Å². The molecule has 0 N–H and O–H groups in total. The second kappa shape index (κ2) is 13.7. The minimum Gasteiger partial charge on any atom is -0.284 e.